The molecule has 2 heterocycles. The normalized spacial score (nSPS) is 12.9. The number of anilines is 1. The van der Waals surface area contributed by atoms with Crippen molar-refractivity contribution in [1.29, 1.82) is 0 Å². The second-order valence-electron chi connectivity index (χ2n) is 7.28. The first kappa shape index (κ1) is 23.1. The molecule has 10 nitrogen and oxygen atoms in total. The van der Waals surface area contributed by atoms with Gasteiger partial charge in [0.1, 0.15) is 0 Å². The number of hydrogen-bond acceptors (Lipinski definition) is 6. The number of hydrogen-bond donors (Lipinski definition) is 2. The van der Waals surface area contributed by atoms with Crippen LogP contribution in [0, 0.1) is 16.0 Å². The van der Waals surface area contributed by atoms with Crippen LogP contribution >= 0.6 is 39.1 Å². The molecule has 170 valence electrons. The number of amides is 2. The highest BCUT2D eigenvalue weighted by Crippen LogP contribution is 2.32. The molecule has 4 rings (SSSR count). The average Bonchev–Trinajstić information content (AvgIpc) is 3.49. The third-order valence-corrected chi connectivity index (χ3v) is 5.98. The fraction of sp³-hybridized carbons (Fsp3) is 0.200. The van der Waals surface area contributed by atoms with E-state index in [0.29, 0.717) is 16.9 Å². The summed E-state index contributed by atoms with van der Waals surface area (Å²) in [6.45, 7) is 0.521. The molecule has 1 aromatic carbocycles. The summed E-state index contributed by atoms with van der Waals surface area (Å²) in [6.07, 6.45) is 3.53. The van der Waals surface area contributed by atoms with Crippen LogP contribution in [-0.4, -0.2) is 38.0 Å². The van der Waals surface area contributed by atoms with Crippen molar-refractivity contribution in [3.63, 3.8) is 0 Å². The van der Waals surface area contributed by atoms with Gasteiger partial charge in [-0.3, -0.25) is 9.59 Å². The lowest BCUT2D eigenvalue weighted by atomic mass is 10.1. The highest BCUT2D eigenvalue weighted by Gasteiger charge is 2.28. The number of benzene rings is 1. The van der Waals surface area contributed by atoms with E-state index in [1.165, 1.54) is 24.4 Å². The summed E-state index contributed by atoms with van der Waals surface area (Å²) in [7, 11) is 0. The number of carbonyl (C=O) groups is 2. The van der Waals surface area contributed by atoms with E-state index in [2.05, 4.69) is 36.6 Å². The van der Waals surface area contributed by atoms with E-state index in [-0.39, 0.29) is 32.8 Å². The van der Waals surface area contributed by atoms with Crippen molar-refractivity contribution in [2.45, 2.75) is 12.8 Å². The van der Waals surface area contributed by atoms with Gasteiger partial charge >= 0.3 is 5.82 Å². The molecule has 1 aliphatic carbocycles. The predicted molar refractivity (Wildman–Crippen MR) is 125 cm³/mol. The summed E-state index contributed by atoms with van der Waals surface area (Å²) >= 11 is 15.6. The first-order valence-electron chi connectivity index (χ1n) is 9.68. The number of nitro groups is 1. The molecule has 2 aromatic heterocycles. The van der Waals surface area contributed by atoms with Crippen LogP contribution in [0.25, 0.3) is 5.82 Å². The molecule has 0 radical (unpaired) electrons. The van der Waals surface area contributed by atoms with Crippen molar-refractivity contribution in [3.05, 3.63) is 72.4 Å². The minimum atomic E-state index is -0.767. The molecule has 3 aromatic rings. The summed E-state index contributed by atoms with van der Waals surface area (Å²) in [5.41, 5.74) is 0.0912. The molecule has 1 fully saturated rings. The Kier molecular flexibility index (Phi) is 6.63. The number of aromatic nitrogens is 3. The van der Waals surface area contributed by atoms with Crippen LogP contribution in [0.3, 0.4) is 0 Å². The van der Waals surface area contributed by atoms with Gasteiger partial charge in [0.05, 0.1) is 27.4 Å². The van der Waals surface area contributed by atoms with Crippen LogP contribution in [0.5, 0.6) is 0 Å². The lowest BCUT2D eigenvalue weighted by Crippen LogP contribution is -2.27. The number of nitrogens with zero attached hydrogens (tertiary/aromatic N) is 4. The van der Waals surface area contributed by atoms with Crippen LogP contribution in [0.2, 0.25) is 10.0 Å². The fourth-order valence-corrected chi connectivity index (χ4v) is 4.14. The van der Waals surface area contributed by atoms with Gasteiger partial charge in [-0.15, -0.1) is 4.68 Å². The second kappa shape index (κ2) is 9.46. The smallest absolute Gasteiger partial charge is 0.358 e. The molecule has 2 amide bonds. The monoisotopic (exact) mass is 552 g/mol. The highest BCUT2D eigenvalue weighted by atomic mass is 79.9. The maximum Gasteiger partial charge on any atom is 0.391 e. The Hall–Kier alpha value is -3.02. The molecule has 0 aliphatic heterocycles. The molecule has 33 heavy (non-hydrogen) atoms. The first-order chi connectivity index (χ1) is 15.7. The lowest BCUT2D eigenvalue weighted by molar-refractivity contribution is -0.389. The average molecular weight is 554 g/mol. The molecule has 0 bridgehead atoms. The molecular weight excluding hydrogens is 539 g/mol. The largest absolute Gasteiger partial charge is 0.391 e. The van der Waals surface area contributed by atoms with Crippen molar-refractivity contribution >= 4 is 62.5 Å². The highest BCUT2D eigenvalue weighted by molar-refractivity contribution is 9.10. The van der Waals surface area contributed by atoms with E-state index in [4.69, 9.17) is 23.2 Å². The molecule has 0 spiro atoms. The molecular formula is C20H15BrCl2N6O4. The zero-order valence-corrected chi connectivity index (χ0v) is 19.8. The molecule has 0 saturated heterocycles. The third-order valence-electron chi connectivity index (χ3n) is 4.84. The molecule has 2 N–H and O–H groups in total. The van der Waals surface area contributed by atoms with Crippen molar-refractivity contribution in [3.8, 4) is 5.82 Å². The van der Waals surface area contributed by atoms with Gasteiger partial charge in [-0.25, -0.2) is 4.98 Å². The zero-order chi connectivity index (χ0) is 23.7. The Bertz CT molecular complexity index is 1280. The van der Waals surface area contributed by atoms with Crippen LogP contribution < -0.4 is 10.6 Å². The molecule has 0 atom stereocenters. The van der Waals surface area contributed by atoms with E-state index >= 15 is 0 Å². The van der Waals surface area contributed by atoms with Gasteiger partial charge in [0.2, 0.25) is 0 Å². The molecule has 1 saturated carbocycles. The van der Waals surface area contributed by atoms with E-state index in [0.717, 1.165) is 23.6 Å². The first-order valence-corrected chi connectivity index (χ1v) is 11.2. The Morgan fingerprint density at radius 2 is 2.00 bits per heavy atom. The van der Waals surface area contributed by atoms with Crippen molar-refractivity contribution in [2.75, 3.05) is 11.9 Å². The van der Waals surface area contributed by atoms with Crippen LogP contribution in [0.15, 0.2) is 41.0 Å². The number of nitrogens with one attached hydrogen (secondary N) is 2. The van der Waals surface area contributed by atoms with E-state index in [9.17, 15) is 19.7 Å². The van der Waals surface area contributed by atoms with Crippen LogP contribution in [0.1, 0.15) is 33.7 Å². The Balaban J connectivity index is 1.71. The lowest BCUT2D eigenvalue weighted by Gasteiger charge is -2.14. The minimum Gasteiger partial charge on any atom is -0.358 e. The molecule has 13 heteroatoms. The summed E-state index contributed by atoms with van der Waals surface area (Å²) in [6, 6.07) is 7.03. The summed E-state index contributed by atoms with van der Waals surface area (Å²) in [4.78, 5) is 40.6. The number of carbonyl (C=O) groups excluding carboxylic acids is 2. The summed E-state index contributed by atoms with van der Waals surface area (Å²) < 4.78 is 1.34. The number of pyridine rings is 1. The maximum atomic E-state index is 13.2. The third kappa shape index (κ3) is 5.15. The van der Waals surface area contributed by atoms with Crippen molar-refractivity contribution in [1.82, 2.24) is 20.1 Å². The van der Waals surface area contributed by atoms with Crippen molar-refractivity contribution in [2.24, 2.45) is 5.92 Å². The molecule has 0 unspecified atom stereocenters. The van der Waals surface area contributed by atoms with Gasteiger partial charge < -0.3 is 20.7 Å². The Labute approximate surface area is 205 Å². The topological polar surface area (TPSA) is 132 Å². The minimum absolute atomic E-state index is 0.0370. The Morgan fingerprint density at radius 1 is 1.24 bits per heavy atom. The standard InChI is InChI=1S/C20H15BrCl2N6O4/c21-13-7-11(22)6-12(19(30)25-9-10-3-4-10)17(13)26-20(31)15-8-16(29(32)33)27-28(15)18-14(23)2-1-5-24-18/h1-2,5-8,10H,3-4,9H2,(H,25,30)(H,26,31). The predicted octanol–water partition coefficient (Wildman–Crippen LogP) is 4.64. The maximum absolute atomic E-state index is 13.2. The van der Waals surface area contributed by atoms with E-state index < -0.39 is 22.6 Å². The van der Waals surface area contributed by atoms with Gasteiger partial charge in [0.15, 0.2) is 11.5 Å². The Morgan fingerprint density at radius 3 is 2.67 bits per heavy atom. The van der Waals surface area contributed by atoms with Gasteiger partial charge in [-0.1, -0.05) is 23.2 Å². The van der Waals surface area contributed by atoms with Crippen LogP contribution in [-0.2, 0) is 0 Å². The van der Waals surface area contributed by atoms with Gasteiger partial charge in [0.25, 0.3) is 11.8 Å². The van der Waals surface area contributed by atoms with E-state index in [1.54, 1.807) is 6.07 Å². The number of rotatable bonds is 7. The van der Waals surface area contributed by atoms with Crippen LogP contribution in [0.4, 0.5) is 11.5 Å². The quantitative estimate of drug-likeness (QED) is 0.323. The SMILES string of the molecule is O=C(NCC1CC1)c1cc(Cl)cc(Br)c1NC(=O)c1cc([N+](=O)[O-])nn1-c1ncccc1Cl. The summed E-state index contributed by atoms with van der Waals surface area (Å²) in [5, 5.41) is 21.0. The fourth-order valence-electron chi connectivity index (χ4n) is 3.03. The van der Waals surface area contributed by atoms with E-state index in [1.807, 2.05) is 0 Å². The van der Waals surface area contributed by atoms with Gasteiger partial charge in [0, 0.05) is 22.2 Å². The van der Waals surface area contributed by atoms with Gasteiger partial charge in [-0.05, 0) is 63.9 Å². The summed E-state index contributed by atoms with van der Waals surface area (Å²) in [5.74, 6) is -1.26. The second-order valence-corrected chi connectivity index (χ2v) is 8.98. The van der Waals surface area contributed by atoms with Gasteiger partial charge in [-0.2, -0.15) is 0 Å². The zero-order valence-electron chi connectivity index (χ0n) is 16.7. The van der Waals surface area contributed by atoms with Crippen molar-refractivity contribution < 1.29 is 14.5 Å². The molecule has 1 aliphatic rings. The number of halogens is 3.